The maximum absolute atomic E-state index is 12.2. The minimum atomic E-state index is -0.167. The van der Waals surface area contributed by atoms with Crippen LogP contribution in [0.1, 0.15) is 11.6 Å². The van der Waals surface area contributed by atoms with Crippen LogP contribution in [0.25, 0.3) is 0 Å². The van der Waals surface area contributed by atoms with Gasteiger partial charge in [-0.3, -0.25) is 9.69 Å². The van der Waals surface area contributed by atoms with Crippen molar-refractivity contribution in [3.63, 3.8) is 0 Å². The van der Waals surface area contributed by atoms with Crippen molar-refractivity contribution in [3.05, 3.63) is 65.2 Å². The summed E-state index contributed by atoms with van der Waals surface area (Å²) in [5.41, 5.74) is 1.18. The summed E-state index contributed by atoms with van der Waals surface area (Å²) in [6.07, 6.45) is 0. The van der Waals surface area contributed by atoms with Crippen LogP contribution >= 0.6 is 11.6 Å². The van der Waals surface area contributed by atoms with Crippen molar-refractivity contribution in [3.8, 4) is 5.75 Å². The zero-order chi connectivity index (χ0) is 18.2. The van der Waals surface area contributed by atoms with Gasteiger partial charge in [0.05, 0.1) is 24.3 Å². The summed E-state index contributed by atoms with van der Waals surface area (Å²) < 4.78 is 11.0. The quantitative estimate of drug-likeness (QED) is 0.809. The highest BCUT2D eigenvalue weighted by Crippen LogP contribution is 2.23. The topological polar surface area (TPSA) is 50.8 Å². The molecule has 3 rings (SSSR count). The van der Waals surface area contributed by atoms with Gasteiger partial charge in [-0.2, -0.15) is 0 Å². The summed E-state index contributed by atoms with van der Waals surface area (Å²) in [5, 5.41) is 3.47. The molecule has 0 aliphatic carbocycles. The molecular formula is C20H23ClN2O3. The van der Waals surface area contributed by atoms with Crippen molar-refractivity contribution in [2.24, 2.45) is 0 Å². The van der Waals surface area contributed by atoms with Crippen molar-refractivity contribution in [2.75, 3.05) is 39.5 Å². The van der Waals surface area contributed by atoms with Gasteiger partial charge in [0.15, 0.2) is 6.61 Å². The van der Waals surface area contributed by atoms with E-state index in [1.165, 1.54) is 5.56 Å². The molecular weight excluding hydrogens is 352 g/mol. The number of nitrogens with zero attached hydrogens (tertiary/aromatic N) is 1. The second kappa shape index (κ2) is 9.57. The van der Waals surface area contributed by atoms with E-state index in [1.807, 2.05) is 30.3 Å². The van der Waals surface area contributed by atoms with E-state index in [-0.39, 0.29) is 18.6 Å². The number of halogens is 1. The van der Waals surface area contributed by atoms with Crippen LogP contribution in [0.5, 0.6) is 5.75 Å². The zero-order valence-electron chi connectivity index (χ0n) is 14.6. The number of rotatable bonds is 7. The molecule has 1 aliphatic heterocycles. The lowest BCUT2D eigenvalue weighted by atomic mass is 10.0. The molecule has 138 valence electrons. The third-order valence-corrected chi connectivity index (χ3v) is 4.67. The largest absolute Gasteiger partial charge is 0.482 e. The minimum absolute atomic E-state index is 0.0612. The lowest BCUT2D eigenvalue weighted by Crippen LogP contribution is -2.44. The van der Waals surface area contributed by atoms with Crippen LogP contribution in [0.15, 0.2) is 54.6 Å². The third kappa shape index (κ3) is 5.21. The predicted molar refractivity (Wildman–Crippen MR) is 102 cm³/mol. The minimum Gasteiger partial charge on any atom is -0.482 e. The van der Waals surface area contributed by atoms with Gasteiger partial charge in [0.25, 0.3) is 5.91 Å². The first-order chi connectivity index (χ1) is 12.7. The molecule has 2 aromatic rings. The molecule has 1 heterocycles. The van der Waals surface area contributed by atoms with E-state index in [1.54, 1.807) is 12.1 Å². The second-order valence-electron chi connectivity index (χ2n) is 6.10. The normalized spacial score (nSPS) is 16.0. The molecule has 2 aromatic carbocycles. The molecule has 5 nitrogen and oxygen atoms in total. The Bertz CT molecular complexity index is 705. The number of amides is 1. The summed E-state index contributed by atoms with van der Waals surface area (Å²) in [5.74, 6) is 0.344. The molecule has 6 heteroatoms. The Morgan fingerprint density at radius 1 is 1.12 bits per heavy atom. The Morgan fingerprint density at radius 2 is 1.81 bits per heavy atom. The lowest BCUT2D eigenvalue weighted by Gasteiger charge is -2.34. The van der Waals surface area contributed by atoms with Crippen LogP contribution in [0, 0.1) is 0 Å². The van der Waals surface area contributed by atoms with E-state index in [2.05, 4.69) is 22.3 Å². The van der Waals surface area contributed by atoms with Crippen molar-refractivity contribution >= 4 is 17.5 Å². The van der Waals surface area contributed by atoms with Gasteiger partial charge in [0, 0.05) is 19.6 Å². The summed E-state index contributed by atoms with van der Waals surface area (Å²) in [4.78, 5) is 14.6. The van der Waals surface area contributed by atoms with E-state index in [9.17, 15) is 4.79 Å². The van der Waals surface area contributed by atoms with Crippen LogP contribution in [0.4, 0.5) is 0 Å². The van der Waals surface area contributed by atoms with E-state index in [0.717, 1.165) is 13.1 Å². The SMILES string of the molecule is O=C(COc1ccccc1Cl)NC[C@@H](c1ccccc1)N1CCOCC1. The Hall–Kier alpha value is -2.08. The average Bonchev–Trinajstić information content (AvgIpc) is 2.69. The molecule has 1 N–H and O–H groups in total. The third-order valence-electron chi connectivity index (χ3n) is 4.36. The second-order valence-corrected chi connectivity index (χ2v) is 6.51. The highest BCUT2D eigenvalue weighted by molar-refractivity contribution is 6.32. The highest BCUT2D eigenvalue weighted by atomic mass is 35.5. The molecule has 1 atom stereocenters. The van der Waals surface area contributed by atoms with E-state index in [4.69, 9.17) is 21.1 Å². The van der Waals surface area contributed by atoms with Crippen LogP contribution < -0.4 is 10.1 Å². The average molecular weight is 375 g/mol. The lowest BCUT2D eigenvalue weighted by molar-refractivity contribution is -0.123. The van der Waals surface area contributed by atoms with Crippen molar-refractivity contribution in [2.45, 2.75) is 6.04 Å². The fourth-order valence-corrected chi connectivity index (χ4v) is 3.18. The summed E-state index contributed by atoms with van der Waals surface area (Å²) in [6, 6.07) is 17.5. The number of ether oxygens (including phenoxy) is 2. The Morgan fingerprint density at radius 3 is 2.54 bits per heavy atom. The maximum atomic E-state index is 12.2. The molecule has 1 fully saturated rings. The van der Waals surface area contributed by atoms with Gasteiger partial charge in [-0.25, -0.2) is 0 Å². The van der Waals surface area contributed by atoms with E-state index < -0.39 is 0 Å². The predicted octanol–water partition coefficient (Wildman–Crippen LogP) is 2.91. The zero-order valence-corrected chi connectivity index (χ0v) is 15.3. The number of hydrogen-bond acceptors (Lipinski definition) is 4. The molecule has 1 aliphatic rings. The van der Waals surface area contributed by atoms with Crippen LogP contribution in [0.2, 0.25) is 5.02 Å². The van der Waals surface area contributed by atoms with Crippen LogP contribution in [-0.4, -0.2) is 50.3 Å². The van der Waals surface area contributed by atoms with Crippen molar-refractivity contribution in [1.29, 1.82) is 0 Å². The standard InChI is InChI=1S/C20H23ClN2O3/c21-17-8-4-5-9-19(17)26-15-20(24)22-14-18(16-6-2-1-3-7-16)23-10-12-25-13-11-23/h1-9,18H,10-15H2,(H,22,24)/t18-/m0/s1. The fraction of sp³-hybridized carbons (Fsp3) is 0.350. The van der Waals surface area contributed by atoms with E-state index >= 15 is 0 Å². The first-order valence-electron chi connectivity index (χ1n) is 8.75. The van der Waals surface area contributed by atoms with Crippen molar-refractivity contribution < 1.29 is 14.3 Å². The fourth-order valence-electron chi connectivity index (χ4n) is 2.99. The number of carbonyl (C=O) groups excluding carboxylic acids is 1. The molecule has 1 saturated heterocycles. The number of benzene rings is 2. The monoisotopic (exact) mass is 374 g/mol. The maximum Gasteiger partial charge on any atom is 0.258 e. The first-order valence-corrected chi connectivity index (χ1v) is 9.12. The smallest absolute Gasteiger partial charge is 0.258 e. The van der Waals surface area contributed by atoms with Gasteiger partial charge in [-0.05, 0) is 17.7 Å². The molecule has 1 amide bonds. The van der Waals surface area contributed by atoms with Gasteiger partial charge < -0.3 is 14.8 Å². The molecule has 0 saturated carbocycles. The Labute approximate surface area is 158 Å². The van der Waals surface area contributed by atoms with Gasteiger partial charge in [0.1, 0.15) is 5.75 Å². The number of nitrogens with one attached hydrogen (secondary N) is 1. The van der Waals surface area contributed by atoms with Gasteiger partial charge >= 0.3 is 0 Å². The van der Waals surface area contributed by atoms with Gasteiger partial charge in [-0.1, -0.05) is 54.1 Å². The molecule has 0 radical (unpaired) electrons. The number of carbonyl (C=O) groups is 1. The summed E-state index contributed by atoms with van der Waals surface area (Å²) >= 11 is 6.04. The Kier molecular flexibility index (Phi) is 6.89. The van der Waals surface area contributed by atoms with Crippen LogP contribution in [0.3, 0.4) is 0 Å². The molecule has 0 bridgehead atoms. The van der Waals surface area contributed by atoms with Gasteiger partial charge in [0.2, 0.25) is 0 Å². The van der Waals surface area contributed by atoms with Gasteiger partial charge in [-0.15, -0.1) is 0 Å². The number of morpholine rings is 1. The number of para-hydroxylation sites is 1. The number of hydrogen-bond donors (Lipinski definition) is 1. The highest BCUT2D eigenvalue weighted by Gasteiger charge is 2.23. The van der Waals surface area contributed by atoms with Crippen LogP contribution in [-0.2, 0) is 9.53 Å². The molecule has 0 unspecified atom stereocenters. The Balaban J connectivity index is 1.56. The molecule has 0 spiro atoms. The summed E-state index contributed by atoms with van der Waals surface area (Å²) in [6.45, 7) is 3.60. The molecule has 0 aromatic heterocycles. The summed E-state index contributed by atoms with van der Waals surface area (Å²) in [7, 11) is 0. The molecule has 26 heavy (non-hydrogen) atoms. The van der Waals surface area contributed by atoms with Crippen molar-refractivity contribution in [1.82, 2.24) is 10.2 Å². The van der Waals surface area contributed by atoms with E-state index in [0.29, 0.717) is 30.5 Å². The first kappa shape index (κ1) is 18.7.